The fourth-order valence-electron chi connectivity index (χ4n) is 1.33. The topological polar surface area (TPSA) is 78.1 Å². The highest BCUT2D eigenvalue weighted by molar-refractivity contribution is 5.56. The maximum atomic E-state index is 6.02. The van der Waals surface area contributed by atoms with Gasteiger partial charge >= 0.3 is 0 Å². The van der Waals surface area contributed by atoms with Crippen LogP contribution < -0.4 is 5.73 Å². The van der Waals surface area contributed by atoms with Crippen LogP contribution in [0.2, 0.25) is 0 Å². The number of nitrogens with zero attached hydrogens (tertiary/aromatic N) is 2. The lowest BCUT2D eigenvalue weighted by Gasteiger charge is -2.16. The molecule has 0 radical (unpaired) electrons. The Morgan fingerprint density at radius 2 is 2.25 bits per heavy atom. The van der Waals surface area contributed by atoms with Crippen LogP contribution in [0.3, 0.4) is 0 Å². The maximum Gasteiger partial charge on any atom is 0.246 e. The summed E-state index contributed by atoms with van der Waals surface area (Å²) in [4.78, 5) is 4.29. The van der Waals surface area contributed by atoms with Crippen molar-refractivity contribution in [1.29, 1.82) is 0 Å². The molecule has 2 aromatic heterocycles. The summed E-state index contributed by atoms with van der Waals surface area (Å²) in [5, 5.41) is 3.91. The molecular weight excluding hydrogens is 206 g/mol. The van der Waals surface area contributed by atoms with E-state index in [2.05, 4.69) is 10.1 Å². The van der Waals surface area contributed by atoms with Gasteiger partial charge in [-0.15, -0.1) is 0 Å². The van der Waals surface area contributed by atoms with Crippen molar-refractivity contribution in [2.45, 2.75) is 32.7 Å². The summed E-state index contributed by atoms with van der Waals surface area (Å²) in [7, 11) is 0. The first-order chi connectivity index (χ1) is 7.54. The number of aromatic nitrogens is 2. The second-order valence-electron chi connectivity index (χ2n) is 4.08. The highest BCUT2D eigenvalue weighted by atomic mass is 16.5. The summed E-state index contributed by atoms with van der Waals surface area (Å²) < 4.78 is 10.4. The molecule has 1 unspecified atom stereocenters. The van der Waals surface area contributed by atoms with E-state index in [1.54, 1.807) is 6.26 Å². The molecule has 2 heterocycles. The molecule has 0 spiro atoms. The molecule has 5 nitrogen and oxygen atoms in total. The molecule has 1 atom stereocenters. The summed E-state index contributed by atoms with van der Waals surface area (Å²) in [5.41, 5.74) is 6.28. The summed E-state index contributed by atoms with van der Waals surface area (Å²) in [6, 6.07) is 1.81. The SMILES string of the molecule is CCC(C)(N)c1nc(-c2ccoc2C)no1. The van der Waals surface area contributed by atoms with Gasteiger partial charge in [0.1, 0.15) is 5.76 Å². The average molecular weight is 221 g/mol. The van der Waals surface area contributed by atoms with Crippen molar-refractivity contribution in [1.82, 2.24) is 10.1 Å². The second kappa shape index (κ2) is 3.75. The molecule has 86 valence electrons. The Bertz CT molecular complexity index is 485. The standard InChI is InChI=1S/C11H15N3O2/c1-4-11(3,12)10-13-9(14-16-10)8-5-6-15-7(8)2/h5-6H,4,12H2,1-3H3. The average Bonchev–Trinajstić information content (AvgIpc) is 2.85. The number of nitrogens with two attached hydrogens (primary N) is 1. The van der Waals surface area contributed by atoms with E-state index in [1.807, 2.05) is 26.8 Å². The van der Waals surface area contributed by atoms with Gasteiger partial charge in [0.2, 0.25) is 11.7 Å². The summed E-state index contributed by atoms with van der Waals surface area (Å²) in [5.74, 6) is 1.74. The molecule has 0 bridgehead atoms. The van der Waals surface area contributed by atoms with E-state index in [-0.39, 0.29) is 0 Å². The molecule has 2 rings (SSSR count). The lowest BCUT2D eigenvalue weighted by atomic mass is 10.0. The minimum atomic E-state index is -0.580. The van der Waals surface area contributed by atoms with Crippen molar-refractivity contribution < 1.29 is 8.94 Å². The first-order valence-corrected chi connectivity index (χ1v) is 5.22. The Kier molecular flexibility index (Phi) is 2.55. The smallest absolute Gasteiger partial charge is 0.246 e. The van der Waals surface area contributed by atoms with E-state index in [0.29, 0.717) is 11.7 Å². The minimum absolute atomic E-state index is 0.450. The van der Waals surface area contributed by atoms with Gasteiger partial charge in [0.05, 0.1) is 17.4 Å². The van der Waals surface area contributed by atoms with Crippen molar-refractivity contribution in [3.05, 3.63) is 24.0 Å². The Balaban J connectivity index is 2.37. The monoisotopic (exact) mass is 221 g/mol. The minimum Gasteiger partial charge on any atom is -0.469 e. The highest BCUT2D eigenvalue weighted by Gasteiger charge is 2.26. The molecule has 5 heteroatoms. The molecular formula is C11H15N3O2. The maximum absolute atomic E-state index is 6.02. The summed E-state index contributed by atoms with van der Waals surface area (Å²) in [6.07, 6.45) is 2.33. The van der Waals surface area contributed by atoms with Gasteiger partial charge in [-0.1, -0.05) is 12.1 Å². The van der Waals surface area contributed by atoms with Gasteiger partial charge in [0.25, 0.3) is 0 Å². The van der Waals surface area contributed by atoms with Crippen LogP contribution in [0.5, 0.6) is 0 Å². The number of hydrogen-bond acceptors (Lipinski definition) is 5. The van der Waals surface area contributed by atoms with Crippen molar-refractivity contribution >= 4 is 0 Å². The van der Waals surface area contributed by atoms with Crippen LogP contribution in [0.4, 0.5) is 0 Å². The summed E-state index contributed by atoms with van der Waals surface area (Å²) in [6.45, 7) is 5.70. The molecule has 0 aromatic carbocycles. The zero-order valence-corrected chi connectivity index (χ0v) is 9.65. The second-order valence-corrected chi connectivity index (χ2v) is 4.08. The van der Waals surface area contributed by atoms with E-state index in [9.17, 15) is 0 Å². The van der Waals surface area contributed by atoms with E-state index in [0.717, 1.165) is 17.7 Å². The third-order valence-corrected chi connectivity index (χ3v) is 2.75. The Labute approximate surface area is 93.6 Å². The zero-order valence-electron chi connectivity index (χ0n) is 9.65. The van der Waals surface area contributed by atoms with E-state index < -0.39 is 5.54 Å². The van der Waals surface area contributed by atoms with Crippen LogP contribution in [0.15, 0.2) is 21.3 Å². The largest absolute Gasteiger partial charge is 0.469 e. The first kappa shape index (κ1) is 10.9. The van der Waals surface area contributed by atoms with Gasteiger partial charge in [-0.2, -0.15) is 4.98 Å². The highest BCUT2D eigenvalue weighted by Crippen LogP contribution is 2.25. The molecule has 0 aliphatic carbocycles. The number of rotatable bonds is 3. The number of hydrogen-bond donors (Lipinski definition) is 1. The Morgan fingerprint density at radius 1 is 1.50 bits per heavy atom. The van der Waals surface area contributed by atoms with Crippen molar-refractivity contribution in [3.63, 3.8) is 0 Å². The molecule has 2 aromatic rings. The van der Waals surface area contributed by atoms with Crippen LogP contribution >= 0.6 is 0 Å². The molecule has 0 amide bonds. The summed E-state index contributed by atoms with van der Waals surface area (Å²) >= 11 is 0. The van der Waals surface area contributed by atoms with Gasteiger partial charge in [-0.05, 0) is 26.3 Å². The zero-order chi connectivity index (χ0) is 11.8. The fourth-order valence-corrected chi connectivity index (χ4v) is 1.33. The normalized spacial score (nSPS) is 15.0. The predicted molar refractivity (Wildman–Crippen MR) is 58.6 cm³/mol. The fraction of sp³-hybridized carbons (Fsp3) is 0.455. The van der Waals surface area contributed by atoms with Gasteiger partial charge in [-0.25, -0.2) is 0 Å². The molecule has 0 saturated heterocycles. The lowest BCUT2D eigenvalue weighted by Crippen LogP contribution is -2.32. The lowest BCUT2D eigenvalue weighted by molar-refractivity contribution is 0.291. The molecule has 2 N–H and O–H groups in total. The van der Waals surface area contributed by atoms with Crippen LogP contribution in [0, 0.1) is 6.92 Å². The van der Waals surface area contributed by atoms with Crippen LogP contribution in [-0.4, -0.2) is 10.1 Å². The molecule has 0 saturated carbocycles. The first-order valence-electron chi connectivity index (χ1n) is 5.22. The van der Waals surface area contributed by atoms with Gasteiger partial charge in [0.15, 0.2) is 0 Å². The van der Waals surface area contributed by atoms with Gasteiger partial charge < -0.3 is 14.7 Å². The molecule has 0 fully saturated rings. The number of aryl methyl sites for hydroxylation is 1. The van der Waals surface area contributed by atoms with Crippen molar-refractivity contribution in [2.75, 3.05) is 0 Å². The third kappa shape index (κ3) is 1.74. The van der Waals surface area contributed by atoms with E-state index in [4.69, 9.17) is 14.7 Å². The van der Waals surface area contributed by atoms with E-state index in [1.165, 1.54) is 0 Å². The quantitative estimate of drug-likeness (QED) is 0.859. The van der Waals surface area contributed by atoms with Gasteiger partial charge in [0, 0.05) is 0 Å². The van der Waals surface area contributed by atoms with Crippen LogP contribution in [0.1, 0.15) is 31.9 Å². The number of furan rings is 1. The van der Waals surface area contributed by atoms with Crippen LogP contribution in [0.25, 0.3) is 11.4 Å². The molecule has 16 heavy (non-hydrogen) atoms. The van der Waals surface area contributed by atoms with Crippen LogP contribution in [-0.2, 0) is 5.54 Å². The predicted octanol–water partition coefficient (Wildman–Crippen LogP) is 2.22. The molecule has 0 aliphatic heterocycles. The van der Waals surface area contributed by atoms with Crippen molar-refractivity contribution in [2.24, 2.45) is 5.73 Å². The molecule has 0 aliphatic rings. The Hall–Kier alpha value is -1.62. The van der Waals surface area contributed by atoms with Gasteiger partial charge in [-0.3, -0.25) is 0 Å². The Morgan fingerprint density at radius 3 is 2.81 bits per heavy atom. The van der Waals surface area contributed by atoms with Crippen molar-refractivity contribution in [3.8, 4) is 11.4 Å². The third-order valence-electron chi connectivity index (χ3n) is 2.75. The van der Waals surface area contributed by atoms with E-state index >= 15 is 0 Å².